The van der Waals surface area contributed by atoms with Crippen LogP contribution in [0.2, 0.25) is 0 Å². The van der Waals surface area contributed by atoms with Gasteiger partial charge < -0.3 is 4.90 Å². The first-order valence-electron chi connectivity index (χ1n) is 8.70. The van der Waals surface area contributed by atoms with Crippen LogP contribution in [0.1, 0.15) is 51.5 Å². The van der Waals surface area contributed by atoms with Gasteiger partial charge in [0, 0.05) is 50.4 Å². The number of aryl methyl sites for hydroxylation is 1. The Kier molecular flexibility index (Phi) is 4.81. The van der Waals surface area contributed by atoms with Gasteiger partial charge in [0.05, 0.1) is 6.20 Å². The summed E-state index contributed by atoms with van der Waals surface area (Å²) in [6.07, 6.45) is 10.1. The molecular formula is C17H28N4O. The Hall–Kier alpha value is -1.36. The van der Waals surface area contributed by atoms with E-state index in [4.69, 9.17) is 0 Å². The number of rotatable bonds is 7. The highest BCUT2D eigenvalue weighted by atomic mass is 16.2. The number of carbonyl (C=O) groups is 1. The van der Waals surface area contributed by atoms with Gasteiger partial charge in [0.25, 0.3) is 0 Å². The van der Waals surface area contributed by atoms with E-state index in [0.717, 1.165) is 32.6 Å². The number of aromatic nitrogens is 2. The molecule has 5 nitrogen and oxygen atoms in total. The summed E-state index contributed by atoms with van der Waals surface area (Å²) in [5, 5.41) is 4.43. The second kappa shape index (κ2) is 6.82. The molecule has 1 aromatic rings. The van der Waals surface area contributed by atoms with Gasteiger partial charge in [0.1, 0.15) is 0 Å². The topological polar surface area (TPSA) is 41.4 Å². The monoisotopic (exact) mass is 304 g/mol. The number of hydrogen-bond acceptors (Lipinski definition) is 3. The molecule has 22 heavy (non-hydrogen) atoms. The second-order valence-electron chi connectivity index (χ2n) is 6.78. The molecule has 2 heterocycles. The minimum atomic E-state index is 0.241. The average molecular weight is 304 g/mol. The molecule has 1 aromatic heterocycles. The molecule has 0 radical (unpaired) electrons. The zero-order valence-corrected chi connectivity index (χ0v) is 13.9. The summed E-state index contributed by atoms with van der Waals surface area (Å²) in [4.78, 5) is 16.5. The van der Waals surface area contributed by atoms with Crippen LogP contribution in [-0.4, -0.2) is 50.7 Å². The summed E-state index contributed by atoms with van der Waals surface area (Å²) in [6.45, 7) is 7.88. The maximum atomic E-state index is 11.8. The number of carbonyl (C=O) groups excluding carboxylic acids is 1. The second-order valence-corrected chi connectivity index (χ2v) is 6.78. The van der Waals surface area contributed by atoms with Crippen LogP contribution < -0.4 is 0 Å². The van der Waals surface area contributed by atoms with Gasteiger partial charge in [-0.05, 0) is 38.6 Å². The number of nitrogens with zero attached hydrogens (tertiary/aromatic N) is 4. The van der Waals surface area contributed by atoms with Crippen molar-refractivity contribution in [1.29, 1.82) is 0 Å². The van der Waals surface area contributed by atoms with Crippen LogP contribution in [0.4, 0.5) is 0 Å². The minimum absolute atomic E-state index is 0.241. The molecular weight excluding hydrogens is 276 g/mol. The predicted octanol–water partition coefficient (Wildman–Crippen LogP) is 2.27. The Morgan fingerprint density at radius 3 is 2.91 bits per heavy atom. The van der Waals surface area contributed by atoms with E-state index < -0.39 is 0 Å². The van der Waals surface area contributed by atoms with E-state index in [0.29, 0.717) is 12.1 Å². The van der Waals surface area contributed by atoms with Crippen molar-refractivity contribution in [1.82, 2.24) is 19.6 Å². The highest BCUT2D eigenvalue weighted by Crippen LogP contribution is 2.29. The fraction of sp³-hybridized carbons (Fsp3) is 0.765. The van der Waals surface area contributed by atoms with Crippen LogP contribution in [0, 0.1) is 0 Å². The smallest absolute Gasteiger partial charge is 0.219 e. The molecule has 2 aliphatic rings. The molecule has 1 amide bonds. The number of hydrogen-bond donors (Lipinski definition) is 0. The van der Waals surface area contributed by atoms with Crippen LogP contribution in [0.3, 0.4) is 0 Å². The van der Waals surface area contributed by atoms with Crippen molar-refractivity contribution in [3.63, 3.8) is 0 Å². The van der Waals surface area contributed by atoms with Crippen molar-refractivity contribution in [3.05, 3.63) is 18.0 Å². The van der Waals surface area contributed by atoms with E-state index in [1.54, 1.807) is 6.92 Å². The van der Waals surface area contributed by atoms with Crippen LogP contribution in [0.15, 0.2) is 12.4 Å². The van der Waals surface area contributed by atoms with Crippen LogP contribution >= 0.6 is 0 Å². The van der Waals surface area contributed by atoms with E-state index in [-0.39, 0.29) is 5.91 Å². The lowest BCUT2D eigenvalue weighted by Crippen LogP contribution is -2.43. The van der Waals surface area contributed by atoms with E-state index in [9.17, 15) is 4.79 Å². The van der Waals surface area contributed by atoms with E-state index in [1.807, 2.05) is 10.9 Å². The van der Waals surface area contributed by atoms with Crippen molar-refractivity contribution < 1.29 is 4.79 Å². The highest BCUT2D eigenvalue weighted by molar-refractivity contribution is 5.74. The van der Waals surface area contributed by atoms with Gasteiger partial charge in [-0.25, -0.2) is 0 Å². The molecule has 1 atom stereocenters. The van der Waals surface area contributed by atoms with Crippen LogP contribution in [0.5, 0.6) is 0 Å². The summed E-state index contributed by atoms with van der Waals surface area (Å²) in [5.41, 5.74) is 1.29. The molecule has 0 N–H and O–H groups in total. The standard InChI is InChI=1S/C17H28N4O/c1-3-8-20-12-15(10-18-20)11-19-9-4-5-17(19)13-21(14(2)22)16-6-7-16/h10,12,16-17H,3-9,11,13H2,1-2H3/t17-/m1/s1. The first kappa shape index (κ1) is 15.5. The first-order valence-corrected chi connectivity index (χ1v) is 8.70. The highest BCUT2D eigenvalue weighted by Gasteiger charge is 2.35. The number of likely N-dealkylation sites (tertiary alicyclic amines) is 1. The Morgan fingerprint density at radius 1 is 1.41 bits per heavy atom. The van der Waals surface area contributed by atoms with Crippen molar-refractivity contribution >= 4 is 5.91 Å². The summed E-state index contributed by atoms with van der Waals surface area (Å²) in [5.74, 6) is 0.241. The van der Waals surface area contributed by atoms with Crippen molar-refractivity contribution in [2.24, 2.45) is 0 Å². The Bertz CT molecular complexity index is 509. The third kappa shape index (κ3) is 3.69. The summed E-state index contributed by atoms with van der Waals surface area (Å²) < 4.78 is 2.03. The molecule has 1 aliphatic carbocycles. The fourth-order valence-corrected chi connectivity index (χ4v) is 3.53. The van der Waals surface area contributed by atoms with Gasteiger partial charge in [-0.1, -0.05) is 6.92 Å². The van der Waals surface area contributed by atoms with E-state index >= 15 is 0 Å². The van der Waals surface area contributed by atoms with Gasteiger partial charge in [-0.3, -0.25) is 14.4 Å². The number of amides is 1. The van der Waals surface area contributed by atoms with Gasteiger partial charge in [0.15, 0.2) is 0 Å². The third-order valence-electron chi connectivity index (χ3n) is 4.82. The van der Waals surface area contributed by atoms with Gasteiger partial charge in [-0.15, -0.1) is 0 Å². The van der Waals surface area contributed by atoms with Crippen LogP contribution in [0.25, 0.3) is 0 Å². The largest absolute Gasteiger partial charge is 0.338 e. The zero-order valence-electron chi connectivity index (χ0n) is 13.9. The molecule has 1 saturated heterocycles. The lowest BCUT2D eigenvalue weighted by Gasteiger charge is -2.30. The fourth-order valence-electron chi connectivity index (χ4n) is 3.53. The Morgan fingerprint density at radius 2 is 2.23 bits per heavy atom. The summed E-state index contributed by atoms with van der Waals surface area (Å²) in [6, 6.07) is 1.03. The molecule has 3 rings (SSSR count). The Balaban J connectivity index is 1.58. The van der Waals surface area contributed by atoms with Gasteiger partial charge in [-0.2, -0.15) is 5.10 Å². The maximum Gasteiger partial charge on any atom is 0.219 e. The normalized spacial score (nSPS) is 22.2. The van der Waals surface area contributed by atoms with E-state index in [1.165, 1.54) is 31.2 Å². The SMILES string of the molecule is CCCn1cc(CN2CCC[C@@H]2CN(C(C)=O)C2CC2)cn1. The molecule has 0 aromatic carbocycles. The summed E-state index contributed by atoms with van der Waals surface area (Å²) in [7, 11) is 0. The quantitative estimate of drug-likeness (QED) is 0.776. The molecule has 1 saturated carbocycles. The van der Waals surface area contributed by atoms with Crippen molar-refractivity contribution in [3.8, 4) is 0 Å². The maximum absolute atomic E-state index is 11.8. The zero-order chi connectivity index (χ0) is 15.5. The molecule has 2 fully saturated rings. The lowest BCUT2D eigenvalue weighted by atomic mass is 10.2. The molecule has 0 bridgehead atoms. The third-order valence-corrected chi connectivity index (χ3v) is 4.82. The predicted molar refractivity (Wildman–Crippen MR) is 86.4 cm³/mol. The average Bonchev–Trinajstić information content (AvgIpc) is 3.07. The van der Waals surface area contributed by atoms with Gasteiger partial charge >= 0.3 is 0 Å². The van der Waals surface area contributed by atoms with Crippen LogP contribution in [-0.2, 0) is 17.9 Å². The Labute approximate surface area is 133 Å². The molecule has 0 spiro atoms. The van der Waals surface area contributed by atoms with Crippen molar-refractivity contribution in [2.75, 3.05) is 13.1 Å². The molecule has 122 valence electrons. The van der Waals surface area contributed by atoms with Crippen molar-refractivity contribution in [2.45, 2.75) is 71.1 Å². The van der Waals surface area contributed by atoms with Gasteiger partial charge in [0.2, 0.25) is 5.91 Å². The molecule has 5 heteroatoms. The molecule has 0 unspecified atom stereocenters. The first-order chi connectivity index (χ1) is 10.7. The molecule has 1 aliphatic heterocycles. The lowest BCUT2D eigenvalue weighted by molar-refractivity contribution is -0.130. The minimum Gasteiger partial charge on any atom is -0.338 e. The van der Waals surface area contributed by atoms with E-state index in [2.05, 4.69) is 28.0 Å². The summed E-state index contributed by atoms with van der Waals surface area (Å²) >= 11 is 0.